The van der Waals surface area contributed by atoms with Gasteiger partial charge in [-0.1, -0.05) is 36.6 Å². The van der Waals surface area contributed by atoms with Gasteiger partial charge in [-0.3, -0.25) is 4.79 Å². The highest BCUT2D eigenvalue weighted by Gasteiger charge is 2.18. The normalized spacial score (nSPS) is 15.5. The Labute approximate surface area is 141 Å². The maximum atomic E-state index is 12.6. The summed E-state index contributed by atoms with van der Waals surface area (Å²) < 4.78 is 5.24. The van der Waals surface area contributed by atoms with Crippen LogP contribution in [0.5, 0.6) is 0 Å². The minimum Gasteiger partial charge on any atom is -0.360 e. The number of amides is 1. The van der Waals surface area contributed by atoms with Gasteiger partial charge in [0.15, 0.2) is 0 Å². The van der Waals surface area contributed by atoms with Crippen molar-refractivity contribution in [3.63, 3.8) is 0 Å². The molecule has 1 aromatic carbocycles. The minimum atomic E-state index is 0.0359. The molecule has 1 N–H and O–H groups in total. The Bertz CT molecular complexity index is 663. The third kappa shape index (κ3) is 4.38. The van der Waals surface area contributed by atoms with Crippen LogP contribution < -0.4 is 5.32 Å². The van der Waals surface area contributed by atoms with Crippen molar-refractivity contribution >= 4 is 17.7 Å². The fraction of sp³-hybridized carbons (Fsp3) is 0.444. The first-order valence-electron chi connectivity index (χ1n) is 8.17. The lowest BCUT2D eigenvalue weighted by atomic mass is 9.95. The van der Waals surface area contributed by atoms with E-state index in [2.05, 4.69) is 10.5 Å². The lowest BCUT2D eigenvalue weighted by Crippen LogP contribution is -2.36. The average molecular weight is 330 g/mol. The number of aromatic nitrogens is 1. The summed E-state index contributed by atoms with van der Waals surface area (Å²) in [6, 6.07) is 10.0. The minimum absolute atomic E-state index is 0.0359. The van der Waals surface area contributed by atoms with Crippen LogP contribution in [0.25, 0.3) is 0 Å². The van der Waals surface area contributed by atoms with Crippen molar-refractivity contribution < 1.29 is 9.32 Å². The van der Waals surface area contributed by atoms with Gasteiger partial charge in [0.05, 0.1) is 17.0 Å². The van der Waals surface area contributed by atoms with E-state index in [0.717, 1.165) is 34.8 Å². The molecule has 0 atom stereocenters. The Hall–Kier alpha value is -1.75. The molecule has 122 valence electrons. The van der Waals surface area contributed by atoms with Gasteiger partial charge in [-0.2, -0.15) is 0 Å². The monoisotopic (exact) mass is 330 g/mol. The van der Waals surface area contributed by atoms with Gasteiger partial charge in [0.25, 0.3) is 5.91 Å². The van der Waals surface area contributed by atoms with Crippen LogP contribution in [-0.4, -0.2) is 17.1 Å². The number of aryl methyl sites for hydroxylation is 1. The van der Waals surface area contributed by atoms with Crippen LogP contribution in [0.1, 0.15) is 53.9 Å². The molecule has 1 saturated carbocycles. The molecule has 1 amide bonds. The highest BCUT2D eigenvalue weighted by atomic mass is 32.2. The molecule has 0 spiro atoms. The van der Waals surface area contributed by atoms with Gasteiger partial charge in [-0.15, -0.1) is 11.8 Å². The number of nitrogens with one attached hydrogen (secondary N) is 1. The summed E-state index contributed by atoms with van der Waals surface area (Å²) in [5, 5.41) is 7.09. The second-order valence-corrected chi connectivity index (χ2v) is 7.05. The molecule has 0 bridgehead atoms. The third-order valence-electron chi connectivity index (χ3n) is 4.12. The number of rotatable bonds is 5. The predicted octanol–water partition coefficient (Wildman–Crippen LogP) is 4.34. The SMILES string of the molecule is Cc1cc(CSc2ccccc2C(=O)NC2CCCCC2)on1. The number of hydrogen-bond acceptors (Lipinski definition) is 4. The second kappa shape index (κ2) is 7.68. The van der Waals surface area contributed by atoms with Gasteiger partial charge in [-0.05, 0) is 31.9 Å². The smallest absolute Gasteiger partial charge is 0.252 e. The lowest BCUT2D eigenvalue weighted by molar-refractivity contribution is 0.0924. The third-order valence-corrected chi connectivity index (χ3v) is 5.21. The number of carbonyl (C=O) groups excluding carboxylic acids is 1. The molecule has 3 rings (SSSR count). The Kier molecular flexibility index (Phi) is 5.39. The quantitative estimate of drug-likeness (QED) is 0.829. The van der Waals surface area contributed by atoms with E-state index in [0.29, 0.717) is 11.8 Å². The van der Waals surface area contributed by atoms with Crippen LogP contribution in [0.3, 0.4) is 0 Å². The lowest BCUT2D eigenvalue weighted by Gasteiger charge is -2.23. The molecule has 1 aliphatic carbocycles. The van der Waals surface area contributed by atoms with Crippen molar-refractivity contribution in [2.75, 3.05) is 0 Å². The van der Waals surface area contributed by atoms with Crippen molar-refractivity contribution in [1.82, 2.24) is 10.5 Å². The van der Waals surface area contributed by atoms with Crippen molar-refractivity contribution in [1.29, 1.82) is 0 Å². The molecule has 5 heteroatoms. The molecule has 1 heterocycles. The fourth-order valence-electron chi connectivity index (χ4n) is 2.92. The molecule has 2 aromatic rings. The van der Waals surface area contributed by atoms with Crippen LogP contribution in [0, 0.1) is 6.92 Å². The first kappa shape index (κ1) is 16.1. The van der Waals surface area contributed by atoms with Gasteiger partial charge in [0.2, 0.25) is 0 Å². The first-order chi connectivity index (χ1) is 11.2. The second-order valence-electron chi connectivity index (χ2n) is 6.03. The van der Waals surface area contributed by atoms with E-state index >= 15 is 0 Å². The predicted molar refractivity (Wildman–Crippen MR) is 91.6 cm³/mol. The van der Waals surface area contributed by atoms with E-state index in [1.165, 1.54) is 19.3 Å². The number of hydrogen-bond donors (Lipinski definition) is 1. The maximum absolute atomic E-state index is 12.6. The number of thioether (sulfide) groups is 1. The molecule has 0 aliphatic heterocycles. The van der Waals surface area contributed by atoms with Crippen LogP contribution in [-0.2, 0) is 5.75 Å². The Morgan fingerprint density at radius 1 is 1.30 bits per heavy atom. The fourth-order valence-corrected chi connectivity index (χ4v) is 3.85. The zero-order valence-corrected chi connectivity index (χ0v) is 14.2. The van der Waals surface area contributed by atoms with E-state index in [4.69, 9.17) is 4.52 Å². The van der Waals surface area contributed by atoms with Gasteiger partial charge in [-0.25, -0.2) is 0 Å². The summed E-state index contributed by atoms with van der Waals surface area (Å²) in [6.45, 7) is 1.91. The maximum Gasteiger partial charge on any atom is 0.252 e. The molecule has 1 aromatic heterocycles. The van der Waals surface area contributed by atoms with Crippen molar-refractivity contribution in [3.05, 3.63) is 47.3 Å². The highest BCUT2D eigenvalue weighted by Crippen LogP contribution is 2.27. The van der Waals surface area contributed by atoms with Gasteiger partial charge < -0.3 is 9.84 Å². The van der Waals surface area contributed by atoms with Gasteiger partial charge in [0, 0.05) is 17.0 Å². The van der Waals surface area contributed by atoms with Crippen molar-refractivity contribution in [2.24, 2.45) is 0 Å². The summed E-state index contributed by atoms with van der Waals surface area (Å²) in [5.74, 6) is 1.54. The van der Waals surface area contributed by atoms with Crippen molar-refractivity contribution in [3.8, 4) is 0 Å². The van der Waals surface area contributed by atoms with E-state index in [1.807, 2.05) is 37.3 Å². The Morgan fingerprint density at radius 3 is 2.83 bits per heavy atom. The molecular formula is C18H22N2O2S. The van der Waals surface area contributed by atoms with Gasteiger partial charge >= 0.3 is 0 Å². The van der Waals surface area contributed by atoms with E-state index < -0.39 is 0 Å². The standard InChI is InChI=1S/C18H22N2O2S/c1-13-11-15(22-20-13)12-23-17-10-6-5-9-16(17)18(21)19-14-7-3-2-4-8-14/h5-6,9-11,14H,2-4,7-8,12H2,1H3,(H,19,21). The van der Waals surface area contributed by atoms with Crippen LogP contribution in [0.15, 0.2) is 39.8 Å². The van der Waals surface area contributed by atoms with E-state index in [9.17, 15) is 4.79 Å². The topological polar surface area (TPSA) is 55.1 Å². The molecule has 0 saturated heterocycles. The molecule has 1 aliphatic rings. The number of benzene rings is 1. The molecule has 4 nitrogen and oxygen atoms in total. The molecule has 0 radical (unpaired) electrons. The van der Waals surface area contributed by atoms with Crippen LogP contribution in [0.4, 0.5) is 0 Å². The Balaban J connectivity index is 1.65. The Morgan fingerprint density at radius 2 is 2.09 bits per heavy atom. The summed E-state index contributed by atoms with van der Waals surface area (Å²) in [7, 11) is 0. The molecule has 1 fully saturated rings. The van der Waals surface area contributed by atoms with E-state index in [1.54, 1.807) is 11.8 Å². The average Bonchev–Trinajstić information content (AvgIpc) is 2.99. The summed E-state index contributed by atoms with van der Waals surface area (Å²) >= 11 is 1.61. The summed E-state index contributed by atoms with van der Waals surface area (Å²) in [6.07, 6.45) is 5.91. The molecular weight excluding hydrogens is 308 g/mol. The zero-order chi connectivity index (χ0) is 16.1. The number of carbonyl (C=O) groups is 1. The van der Waals surface area contributed by atoms with Gasteiger partial charge in [0.1, 0.15) is 5.76 Å². The summed E-state index contributed by atoms with van der Waals surface area (Å²) in [4.78, 5) is 13.6. The van der Waals surface area contributed by atoms with Crippen molar-refractivity contribution in [2.45, 2.75) is 55.7 Å². The largest absolute Gasteiger partial charge is 0.360 e. The highest BCUT2D eigenvalue weighted by molar-refractivity contribution is 7.98. The van der Waals surface area contributed by atoms with Crippen LogP contribution in [0.2, 0.25) is 0 Å². The number of nitrogens with zero attached hydrogens (tertiary/aromatic N) is 1. The molecule has 23 heavy (non-hydrogen) atoms. The van der Waals surface area contributed by atoms with E-state index in [-0.39, 0.29) is 5.91 Å². The van der Waals surface area contributed by atoms with Crippen LogP contribution >= 0.6 is 11.8 Å². The first-order valence-corrected chi connectivity index (χ1v) is 9.16. The zero-order valence-electron chi connectivity index (χ0n) is 13.4. The molecule has 0 unspecified atom stereocenters. The summed E-state index contributed by atoms with van der Waals surface area (Å²) in [5.41, 5.74) is 1.63.